The van der Waals surface area contributed by atoms with Gasteiger partial charge >= 0.3 is 0 Å². The van der Waals surface area contributed by atoms with Gasteiger partial charge in [-0.25, -0.2) is 0 Å². The van der Waals surface area contributed by atoms with E-state index in [0.29, 0.717) is 0 Å². The molecule has 2 fully saturated rings. The van der Waals surface area contributed by atoms with E-state index in [4.69, 9.17) is 4.74 Å². The zero-order valence-electron chi connectivity index (χ0n) is 12.5. The molecule has 1 aliphatic heterocycles. The molecule has 1 N–H and O–H groups in total. The van der Waals surface area contributed by atoms with Crippen LogP contribution >= 0.6 is 0 Å². The van der Waals surface area contributed by atoms with Crippen LogP contribution in [-0.4, -0.2) is 43.8 Å². The summed E-state index contributed by atoms with van der Waals surface area (Å²) in [5.41, 5.74) is 3.10. The van der Waals surface area contributed by atoms with Crippen LogP contribution in [0.5, 0.6) is 0 Å². The minimum atomic E-state index is 0.222. The molecule has 0 spiro atoms. The molecule has 0 amide bonds. The standard InChI is InChI=1S/C17H26N2O/c1-20-17(8-9-17)7-6-15-2-4-16(5-3-15)14-19-12-10-18-11-13-19/h2-5,18H,6-14H2,1H3. The first-order valence-electron chi connectivity index (χ1n) is 7.86. The number of piperazine rings is 1. The maximum Gasteiger partial charge on any atom is 0.0684 e. The molecule has 1 aromatic carbocycles. The Kier molecular flexibility index (Phi) is 4.39. The van der Waals surface area contributed by atoms with Gasteiger partial charge in [0.1, 0.15) is 0 Å². The number of hydrogen-bond acceptors (Lipinski definition) is 3. The Morgan fingerprint density at radius 3 is 2.35 bits per heavy atom. The van der Waals surface area contributed by atoms with Crippen LogP contribution in [0, 0.1) is 0 Å². The van der Waals surface area contributed by atoms with Gasteiger partial charge in [0.15, 0.2) is 0 Å². The van der Waals surface area contributed by atoms with Crippen molar-refractivity contribution >= 4 is 0 Å². The highest BCUT2D eigenvalue weighted by atomic mass is 16.5. The van der Waals surface area contributed by atoms with Gasteiger partial charge in [0, 0.05) is 39.8 Å². The van der Waals surface area contributed by atoms with Crippen LogP contribution in [0.25, 0.3) is 0 Å². The Bertz CT molecular complexity index is 419. The van der Waals surface area contributed by atoms with Gasteiger partial charge in [-0.1, -0.05) is 24.3 Å². The maximum absolute atomic E-state index is 5.58. The molecule has 0 atom stereocenters. The van der Waals surface area contributed by atoms with Crippen molar-refractivity contribution in [3.05, 3.63) is 35.4 Å². The summed E-state index contributed by atoms with van der Waals surface area (Å²) in [6.45, 7) is 5.66. The fourth-order valence-electron chi connectivity index (χ4n) is 3.01. The molecule has 0 radical (unpaired) electrons. The Morgan fingerprint density at radius 2 is 1.75 bits per heavy atom. The Morgan fingerprint density at radius 1 is 1.10 bits per heavy atom. The lowest BCUT2D eigenvalue weighted by Crippen LogP contribution is -2.42. The summed E-state index contributed by atoms with van der Waals surface area (Å²) in [6, 6.07) is 9.18. The number of nitrogens with one attached hydrogen (secondary N) is 1. The predicted octanol–water partition coefficient (Wildman–Crippen LogP) is 2.20. The van der Waals surface area contributed by atoms with E-state index in [1.165, 1.54) is 30.4 Å². The molecule has 110 valence electrons. The SMILES string of the molecule is COC1(CCc2ccc(CN3CCNCC3)cc2)CC1. The van der Waals surface area contributed by atoms with Crippen LogP contribution in [0.15, 0.2) is 24.3 Å². The van der Waals surface area contributed by atoms with Crippen molar-refractivity contribution in [2.45, 2.75) is 37.8 Å². The minimum Gasteiger partial charge on any atom is -0.378 e. The van der Waals surface area contributed by atoms with Crippen LogP contribution in [0.1, 0.15) is 30.4 Å². The molecule has 1 saturated carbocycles. The second-order valence-corrected chi connectivity index (χ2v) is 6.23. The molecule has 0 bridgehead atoms. The van der Waals surface area contributed by atoms with E-state index in [0.717, 1.165) is 39.1 Å². The number of hydrogen-bond donors (Lipinski definition) is 1. The largest absolute Gasteiger partial charge is 0.378 e. The topological polar surface area (TPSA) is 24.5 Å². The highest BCUT2D eigenvalue weighted by Crippen LogP contribution is 2.42. The molecule has 2 aliphatic rings. The summed E-state index contributed by atoms with van der Waals surface area (Å²) in [7, 11) is 1.85. The fraction of sp³-hybridized carbons (Fsp3) is 0.647. The Hall–Kier alpha value is -0.900. The molecule has 3 rings (SSSR count). The summed E-state index contributed by atoms with van der Waals surface area (Å²) in [6.07, 6.45) is 4.79. The zero-order chi connectivity index (χ0) is 13.8. The van der Waals surface area contributed by atoms with Gasteiger partial charge < -0.3 is 10.1 Å². The van der Waals surface area contributed by atoms with E-state index in [9.17, 15) is 0 Å². The van der Waals surface area contributed by atoms with Crippen LogP contribution in [0.2, 0.25) is 0 Å². The maximum atomic E-state index is 5.58. The van der Waals surface area contributed by atoms with Gasteiger partial charge in [-0.3, -0.25) is 4.90 Å². The molecule has 20 heavy (non-hydrogen) atoms. The minimum absolute atomic E-state index is 0.222. The summed E-state index contributed by atoms with van der Waals surface area (Å²) in [4.78, 5) is 2.52. The summed E-state index contributed by atoms with van der Waals surface area (Å²) in [5.74, 6) is 0. The third-order valence-corrected chi connectivity index (χ3v) is 4.75. The lowest BCUT2D eigenvalue weighted by molar-refractivity contribution is 0.0731. The first-order chi connectivity index (χ1) is 9.80. The van der Waals surface area contributed by atoms with Gasteiger partial charge in [0.2, 0.25) is 0 Å². The molecule has 0 unspecified atom stereocenters. The lowest BCUT2D eigenvalue weighted by Gasteiger charge is -2.27. The summed E-state index contributed by atoms with van der Waals surface area (Å²) >= 11 is 0. The lowest BCUT2D eigenvalue weighted by atomic mass is 10.0. The van der Waals surface area contributed by atoms with Crippen LogP contribution < -0.4 is 5.32 Å². The highest BCUT2D eigenvalue weighted by Gasteiger charge is 2.42. The van der Waals surface area contributed by atoms with Crippen molar-refractivity contribution < 1.29 is 4.74 Å². The van der Waals surface area contributed by atoms with Gasteiger partial charge in [0.05, 0.1) is 5.60 Å². The molecule has 3 nitrogen and oxygen atoms in total. The van der Waals surface area contributed by atoms with Crippen LogP contribution in [0.4, 0.5) is 0 Å². The number of methoxy groups -OCH3 is 1. The number of ether oxygens (including phenoxy) is 1. The van der Waals surface area contributed by atoms with Gasteiger partial charge in [-0.05, 0) is 36.8 Å². The first kappa shape index (κ1) is 14.1. The van der Waals surface area contributed by atoms with E-state index >= 15 is 0 Å². The van der Waals surface area contributed by atoms with E-state index in [2.05, 4.69) is 34.5 Å². The van der Waals surface area contributed by atoms with Crippen molar-refractivity contribution in [1.29, 1.82) is 0 Å². The molecule has 1 heterocycles. The molecular formula is C17H26N2O. The quantitative estimate of drug-likeness (QED) is 0.861. The third kappa shape index (κ3) is 3.60. The van der Waals surface area contributed by atoms with E-state index in [1.54, 1.807) is 0 Å². The molecule has 0 aromatic heterocycles. The number of aryl methyl sites for hydroxylation is 1. The second kappa shape index (κ2) is 6.25. The van der Waals surface area contributed by atoms with Gasteiger partial charge in [-0.2, -0.15) is 0 Å². The van der Waals surface area contributed by atoms with Crippen molar-refractivity contribution in [2.24, 2.45) is 0 Å². The Balaban J connectivity index is 1.49. The van der Waals surface area contributed by atoms with Crippen LogP contribution in [0.3, 0.4) is 0 Å². The molecule has 1 aliphatic carbocycles. The van der Waals surface area contributed by atoms with E-state index < -0.39 is 0 Å². The van der Waals surface area contributed by atoms with Crippen LogP contribution in [-0.2, 0) is 17.7 Å². The predicted molar refractivity (Wildman–Crippen MR) is 81.9 cm³/mol. The van der Waals surface area contributed by atoms with Gasteiger partial charge in [0.25, 0.3) is 0 Å². The second-order valence-electron chi connectivity index (χ2n) is 6.23. The van der Waals surface area contributed by atoms with Crippen molar-refractivity contribution in [3.63, 3.8) is 0 Å². The van der Waals surface area contributed by atoms with Crippen molar-refractivity contribution in [1.82, 2.24) is 10.2 Å². The average molecular weight is 274 g/mol. The monoisotopic (exact) mass is 274 g/mol. The zero-order valence-corrected chi connectivity index (χ0v) is 12.5. The van der Waals surface area contributed by atoms with Crippen molar-refractivity contribution in [3.8, 4) is 0 Å². The number of benzene rings is 1. The molecule has 1 aromatic rings. The third-order valence-electron chi connectivity index (χ3n) is 4.75. The smallest absolute Gasteiger partial charge is 0.0684 e. The van der Waals surface area contributed by atoms with E-state index in [1.807, 2.05) is 7.11 Å². The summed E-state index contributed by atoms with van der Waals surface area (Å²) < 4.78 is 5.58. The highest BCUT2D eigenvalue weighted by molar-refractivity contribution is 5.23. The molecular weight excluding hydrogens is 248 g/mol. The van der Waals surface area contributed by atoms with E-state index in [-0.39, 0.29) is 5.60 Å². The fourth-order valence-corrected chi connectivity index (χ4v) is 3.01. The van der Waals surface area contributed by atoms with Gasteiger partial charge in [-0.15, -0.1) is 0 Å². The van der Waals surface area contributed by atoms with Crippen molar-refractivity contribution in [2.75, 3.05) is 33.3 Å². The average Bonchev–Trinajstić information content (AvgIpc) is 3.28. The number of nitrogens with zero attached hydrogens (tertiary/aromatic N) is 1. The normalized spacial score (nSPS) is 21.9. The first-order valence-corrected chi connectivity index (χ1v) is 7.86. The summed E-state index contributed by atoms with van der Waals surface area (Å²) in [5, 5.41) is 3.40. The number of rotatable bonds is 6. The molecule has 1 saturated heterocycles. The molecule has 3 heteroatoms. The Labute approximate surface area is 122 Å².